The number of benzene rings is 2. The van der Waals surface area contributed by atoms with Crippen LogP contribution in [0, 0.1) is 0 Å². The van der Waals surface area contributed by atoms with Crippen molar-refractivity contribution >= 4 is 25.3 Å². The van der Waals surface area contributed by atoms with E-state index < -0.39 is 19.7 Å². The fraction of sp³-hybridized carbons (Fsp3) is 0.280. The van der Waals surface area contributed by atoms with Crippen LogP contribution in [0.3, 0.4) is 0 Å². The zero-order chi connectivity index (χ0) is 24.6. The highest BCUT2D eigenvalue weighted by Crippen LogP contribution is 2.25. The van der Waals surface area contributed by atoms with E-state index in [0.717, 1.165) is 28.8 Å². The fourth-order valence-corrected chi connectivity index (χ4v) is 6.15. The van der Waals surface area contributed by atoms with Crippen LogP contribution in [0.15, 0.2) is 71.8 Å². The van der Waals surface area contributed by atoms with Crippen molar-refractivity contribution in [3.05, 3.63) is 83.8 Å². The molecule has 0 saturated carbocycles. The zero-order valence-corrected chi connectivity index (χ0v) is 21.0. The van der Waals surface area contributed by atoms with Gasteiger partial charge in [-0.1, -0.05) is 36.4 Å². The molecule has 0 radical (unpaired) electrons. The summed E-state index contributed by atoms with van der Waals surface area (Å²) in [5, 5.41) is 4.63. The molecule has 2 aromatic heterocycles. The van der Waals surface area contributed by atoms with E-state index in [1.807, 2.05) is 18.3 Å². The number of nitrogens with zero attached hydrogens (tertiary/aromatic N) is 4. The minimum absolute atomic E-state index is 0.231. The Bertz CT molecular complexity index is 1560. The normalized spacial score (nSPS) is 16.5. The third kappa shape index (κ3) is 5.44. The number of aromatic nitrogens is 3. The second kappa shape index (κ2) is 9.18. The molecule has 1 saturated heterocycles. The van der Waals surface area contributed by atoms with E-state index >= 15 is 0 Å². The molecule has 182 valence electrons. The first kappa shape index (κ1) is 23.7. The molecule has 1 aliphatic heterocycles. The van der Waals surface area contributed by atoms with Crippen LogP contribution in [0.25, 0.3) is 16.8 Å². The maximum absolute atomic E-state index is 11.8. The summed E-state index contributed by atoms with van der Waals surface area (Å²) in [4.78, 5) is 7.21. The number of pyridine rings is 1. The van der Waals surface area contributed by atoms with Crippen molar-refractivity contribution in [3.8, 4) is 11.1 Å². The highest BCUT2D eigenvalue weighted by Gasteiger charge is 2.21. The molecule has 35 heavy (non-hydrogen) atoms. The van der Waals surface area contributed by atoms with Crippen molar-refractivity contribution in [1.29, 1.82) is 0 Å². The molecule has 0 atom stereocenters. The Balaban J connectivity index is 1.31. The molecular formula is C25H26N4O4S2. The number of rotatable bonds is 6. The number of sulfone groups is 2. The lowest BCUT2D eigenvalue weighted by molar-refractivity contribution is 0.287. The molecule has 0 aliphatic carbocycles. The fourth-order valence-electron chi connectivity index (χ4n) is 4.24. The maximum Gasteiger partial charge on any atom is 0.175 e. The van der Waals surface area contributed by atoms with E-state index in [1.165, 1.54) is 6.26 Å². The third-order valence-corrected chi connectivity index (χ3v) is 8.97. The number of hydrogen-bond donors (Lipinski definition) is 0. The summed E-state index contributed by atoms with van der Waals surface area (Å²) < 4.78 is 48.5. The first-order valence-electron chi connectivity index (χ1n) is 11.3. The minimum atomic E-state index is -3.25. The van der Waals surface area contributed by atoms with E-state index in [-0.39, 0.29) is 16.4 Å². The van der Waals surface area contributed by atoms with Gasteiger partial charge < -0.3 is 0 Å². The predicted octanol–water partition coefficient (Wildman–Crippen LogP) is 2.62. The van der Waals surface area contributed by atoms with Gasteiger partial charge in [0, 0.05) is 44.1 Å². The second-order valence-electron chi connectivity index (χ2n) is 8.94. The third-order valence-electron chi connectivity index (χ3n) is 6.23. The topological polar surface area (TPSA) is 102 Å². The molecule has 0 spiro atoms. The van der Waals surface area contributed by atoms with Crippen molar-refractivity contribution in [2.24, 2.45) is 0 Å². The maximum atomic E-state index is 11.8. The highest BCUT2D eigenvalue weighted by molar-refractivity contribution is 7.91. The average Bonchev–Trinajstić information content (AvgIpc) is 3.24. The number of fused-ring (bicyclic) bond motifs is 1. The monoisotopic (exact) mass is 510 g/mol. The van der Waals surface area contributed by atoms with Crippen molar-refractivity contribution in [2.75, 3.05) is 30.9 Å². The number of hydrogen-bond acceptors (Lipinski definition) is 7. The smallest absolute Gasteiger partial charge is 0.175 e. The SMILES string of the molecule is CS(=O)(=O)c1ccc(-c2cccn3nc(Cc4ccc(CN5CCS(=O)(=O)CC5)cc4)nc23)cc1. The van der Waals surface area contributed by atoms with Gasteiger partial charge in [0.05, 0.1) is 16.4 Å². The molecular weight excluding hydrogens is 484 g/mol. The van der Waals surface area contributed by atoms with Crippen molar-refractivity contribution in [2.45, 2.75) is 17.9 Å². The lowest BCUT2D eigenvalue weighted by Gasteiger charge is -2.26. The molecule has 8 nitrogen and oxygen atoms in total. The van der Waals surface area contributed by atoms with Gasteiger partial charge in [0.1, 0.15) is 0 Å². The molecule has 2 aromatic carbocycles. The Morgan fingerprint density at radius 3 is 2.23 bits per heavy atom. The van der Waals surface area contributed by atoms with Crippen molar-refractivity contribution in [1.82, 2.24) is 19.5 Å². The molecule has 0 N–H and O–H groups in total. The standard InChI is InChI=1S/C25H26N4O4S2/c1-34(30,31)22-10-8-21(9-11-22)23-3-2-12-29-25(23)26-24(27-29)17-19-4-6-20(7-5-19)18-28-13-15-35(32,33)16-14-28/h2-12H,13-18H2,1H3. The van der Waals surface area contributed by atoms with Crippen LogP contribution >= 0.6 is 0 Å². The van der Waals surface area contributed by atoms with Gasteiger partial charge >= 0.3 is 0 Å². The van der Waals surface area contributed by atoms with Gasteiger partial charge in [-0.25, -0.2) is 26.3 Å². The highest BCUT2D eigenvalue weighted by atomic mass is 32.2. The Morgan fingerprint density at radius 1 is 0.914 bits per heavy atom. The summed E-state index contributed by atoms with van der Waals surface area (Å²) in [5.74, 6) is 1.15. The first-order chi connectivity index (χ1) is 16.7. The van der Waals surface area contributed by atoms with E-state index in [9.17, 15) is 16.8 Å². The van der Waals surface area contributed by atoms with Crippen LogP contribution in [-0.2, 0) is 32.6 Å². The van der Waals surface area contributed by atoms with E-state index in [2.05, 4.69) is 34.3 Å². The predicted molar refractivity (Wildman–Crippen MR) is 135 cm³/mol. The molecule has 4 aromatic rings. The summed E-state index contributed by atoms with van der Waals surface area (Å²) in [7, 11) is -6.12. The Kier molecular flexibility index (Phi) is 6.20. The molecule has 5 rings (SSSR count). The van der Waals surface area contributed by atoms with Crippen LogP contribution in [0.2, 0.25) is 0 Å². The van der Waals surface area contributed by atoms with E-state index in [4.69, 9.17) is 4.98 Å². The van der Waals surface area contributed by atoms with Gasteiger partial charge in [0.2, 0.25) is 0 Å². The lowest BCUT2D eigenvalue weighted by atomic mass is 10.1. The summed E-state index contributed by atoms with van der Waals surface area (Å²) in [6.07, 6.45) is 3.62. The van der Waals surface area contributed by atoms with E-state index in [1.54, 1.807) is 28.8 Å². The van der Waals surface area contributed by atoms with Crippen molar-refractivity contribution < 1.29 is 16.8 Å². The van der Waals surface area contributed by atoms with Gasteiger partial charge in [-0.05, 0) is 41.0 Å². The summed E-state index contributed by atoms with van der Waals surface area (Å²) in [6.45, 7) is 1.90. The molecule has 0 unspecified atom stereocenters. The molecule has 0 amide bonds. The first-order valence-corrected chi connectivity index (χ1v) is 15.0. The zero-order valence-electron chi connectivity index (χ0n) is 19.3. The van der Waals surface area contributed by atoms with Gasteiger partial charge in [-0.2, -0.15) is 5.10 Å². The average molecular weight is 511 g/mol. The Labute approximate surface area is 205 Å². The lowest BCUT2D eigenvalue weighted by Crippen LogP contribution is -2.39. The van der Waals surface area contributed by atoms with Crippen LogP contribution in [-0.4, -0.2) is 67.2 Å². The largest absolute Gasteiger partial charge is 0.297 e. The van der Waals surface area contributed by atoms with Gasteiger partial charge in [-0.3, -0.25) is 4.90 Å². The minimum Gasteiger partial charge on any atom is -0.297 e. The Morgan fingerprint density at radius 2 is 1.57 bits per heavy atom. The summed E-state index contributed by atoms with van der Waals surface area (Å²) >= 11 is 0. The van der Waals surface area contributed by atoms with Crippen LogP contribution in [0.1, 0.15) is 17.0 Å². The quantitative estimate of drug-likeness (QED) is 0.393. The van der Waals surface area contributed by atoms with Crippen LogP contribution in [0.5, 0.6) is 0 Å². The molecule has 3 heterocycles. The van der Waals surface area contributed by atoms with Gasteiger partial charge in [0.25, 0.3) is 0 Å². The summed E-state index contributed by atoms with van der Waals surface area (Å²) in [5.41, 5.74) is 4.70. The molecule has 0 bridgehead atoms. The molecule has 1 fully saturated rings. The Hall–Kier alpha value is -3.08. The second-order valence-corrected chi connectivity index (χ2v) is 13.3. The van der Waals surface area contributed by atoms with E-state index in [0.29, 0.717) is 31.0 Å². The van der Waals surface area contributed by atoms with Crippen LogP contribution in [0.4, 0.5) is 0 Å². The van der Waals surface area contributed by atoms with Crippen molar-refractivity contribution in [3.63, 3.8) is 0 Å². The van der Waals surface area contributed by atoms with Crippen LogP contribution < -0.4 is 0 Å². The van der Waals surface area contributed by atoms with Gasteiger partial charge in [0.15, 0.2) is 31.1 Å². The summed E-state index contributed by atoms with van der Waals surface area (Å²) in [6, 6.07) is 18.9. The van der Waals surface area contributed by atoms with Gasteiger partial charge in [-0.15, -0.1) is 0 Å². The molecule has 10 heteroatoms. The molecule has 1 aliphatic rings.